The lowest BCUT2D eigenvalue weighted by Gasteiger charge is -2.31. The molecule has 5 heteroatoms. The molecule has 1 atom stereocenters. The van der Waals surface area contributed by atoms with E-state index in [0.717, 1.165) is 0 Å². The van der Waals surface area contributed by atoms with E-state index >= 15 is 0 Å². The predicted octanol–water partition coefficient (Wildman–Crippen LogP) is 1.07. The monoisotopic (exact) mass is 180 g/mol. The van der Waals surface area contributed by atoms with E-state index in [1.165, 1.54) is 0 Å². The average Bonchev–Trinajstić information content (AvgIpc) is 1.56. The van der Waals surface area contributed by atoms with Gasteiger partial charge in [0.05, 0.1) is 0 Å². The molecule has 1 unspecified atom stereocenters. The number of hydrogen-bond acceptors (Lipinski definition) is 1. The van der Waals surface area contributed by atoms with Gasteiger partial charge in [0, 0.05) is 5.54 Å². The van der Waals surface area contributed by atoms with Crippen LogP contribution in [0.1, 0.15) is 27.7 Å². The molecule has 0 aromatic rings. The molecule has 0 fully saturated rings. The summed E-state index contributed by atoms with van der Waals surface area (Å²) in [7, 11) is -3.59. The lowest BCUT2D eigenvalue weighted by atomic mass is 9.92. The molecule has 0 bridgehead atoms. The maximum Gasteiger partial charge on any atom is 0.336 e. The van der Waals surface area contributed by atoms with Crippen molar-refractivity contribution in [2.75, 3.05) is 0 Å². The van der Waals surface area contributed by atoms with Gasteiger partial charge in [-0.3, -0.25) is 4.57 Å². The second-order valence-electron chi connectivity index (χ2n) is 3.61. The van der Waals surface area contributed by atoms with E-state index in [9.17, 15) is 4.57 Å². The fourth-order valence-electron chi connectivity index (χ4n) is 0.542. The van der Waals surface area contributed by atoms with Gasteiger partial charge >= 0.3 is 7.67 Å². The standard InChI is InChI=1S/C6H17N2O2P/c1-5(2)6(3,4)8-11(7,9)10/h5H,1-4H3,(H4,7,8,9,10). The minimum atomic E-state index is -3.59. The summed E-state index contributed by atoms with van der Waals surface area (Å²) in [5.74, 6) is 0.256. The zero-order valence-electron chi connectivity index (χ0n) is 7.46. The number of nitrogens with two attached hydrogens (primary N) is 1. The fourth-order valence-corrected chi connectivity index (χ4v) is 1.63. The van der Waals surface area contributed by atoms with E-state index in [1.807, 2.05) is 27.7 Å². The molecular formula is C6H17N2O2P. The molecule has 0 aromatic heterocycles. The Hall–Kier alpha value is 0.110. The fraction of sp³-hybridized carbons (Fsp3) is 1.00. The van der Waals surface area contributed by atoms with Crippen molar-refractivity contribution in [3.63, 3.8) is 0 Å². The number of hydrogen-bond donors (Lipinski definition) is 3. The molecule has 0 aromatic carbocycles. The van der Waals surface area contributed by atoms with Gasteiger partial charge in [0.15, 0.2) is 0 Å². The van der Waals surface area contributed by atoms with Crippen molar-refractivity contribution in [1.82, 2.24) is 5.09 Å². The molecule has 0 aliphatic heterocycles. The second-order valence-corrected chi connectivity index (χ2v) is 5.08. The molecule has 0 saturated heterocycles. The number of rotatable bonds is 3. The zero-order chi connectivity index (χ0) is 9.28. The molecule has 0 amide bonds. The van der Waals surface area contributed by atoms with E-state index < -0.39 is 13.2 Å². The van der Waals surface area contributed by atoms with Crippen molar-refractivity contribution in [1.29, 1.82) is 0 Å². The first kappa shape index (κ1) is 11.1. The summed E-state index contributed by atoms with van der Waals surface area (Å²) in [6, 6.07) is 0. The third-order valence-corrected chi connectivity index (χ3v) is 2.79. The molecule has 0 heterocycles. The van der Waals surface area contributed by atoms with Crippen LogP contribution in [0.25, 0.3) is 0 Å². The normalized spacial score (nSPS) is 18.5. The van der Waals surface area contributed by atoms with Gasteiger partial charge in [-0.1, -0.05) is 13.8 Å². The van der Waals surface area contributed by atoms with Gasteiger partial charge in [-0.25, -0.2) is 10.6 Å². The molecule has 0 radical (unpaired) electrons. The first-order valence-corrected chi connectivity index (χ1v) is 5.29. The summed E-state index contributed by atoms with van der Waals surface area (Å²) in [5, 5.41) is 2.48. The molecule has 0 spiro atoms. The van der Waals surface area contributed by atoms with E-state index in [4.69, 9.17) is 10.4 Å². The Kier molecular flexibility index (Phi) is 3.27. The van der Waals surface area contributed by atoms with Gasteiger partial charge in [0.1, 0.15) is 0 Å². The van der Waals surface area contributed by atoms with Crippen molar-refractivity contribution >= 4 is 7.67 Å². The molecule has 0 saturated carbocycles. The minimum Gasteiger partial charge on any atom is -0.322 e. The highest BCUT2D eigenvalue weighted by Crippen LogP contribution is 2.31. The lowest BCUT2D eigenvalue weighted by Crippen LogP contribution is -2.43. The predicted molar refractivity (Wildman–Crippen MR) is 46.1 cm³/mol. The van der Waals surface area contributed by atoms with E-state index in [0.29, 0.717) is 0 Å². The van der Waals surface area contributed by atoms with Crippen LogP contribution < -0.4 is 10.6 Å². The van der Waals surface area contributed by atoms with Gasteiger partial charge in [-0.2, -0.15) is 0 Å². The van der Waals surface area contributed by atoms with Crippen LogP contribution in [0.15, 0.2) is 0 Å². The Labute approximate surface area is 67.7 Å². The van der Waals surface area contributed by atoms with Gasteiger partial charge in [0.25, 0.3) is 0 Å². The third-order valence-electron chi connectivity index (χ3n) is 1.89. The molecule has 4 N–H and O–H groups in total. The van der Waals surface area contributed by atoms with Crippen LogP contribution in [0.5, 0.6) is 0 Å². The van der Waals surface area contributed by atoms with Crippen LogP contribution >= 0.6 is 7.67 Å². The number of nitrogens with one attached hydrogen (secondary N) is 1. The topological polar surface area (TPSA) is 75.3 Å². The van der Waals surface area contributed by atoms with Crippen LogP contribution in [-0.4, -0.2) is 10.4 Å². The van der Waals surface area contributed by atoms with E-state index in [1.54, 1.807) is 0 Å². The van der Waals surface area contributed by atoms with Crippen LogP contribution in [0.4, 0.5) is 0 Å². The minimum absolute atomic E-state index is 0.256. The summed E-state index contributed by atoms with van der Waals surface area (Å²) in [5.41, 5.74) is 4.56. The van der Waals surface area contributed by atoms with Crippen molar-refractivity contribution in [2.45, 2.75) is 33.2 Å². The third kappa shape index (κ3) is 4.53. The second kappa shape index (κ2) is 3.23. The Morgan fingerprint density at radius 3 is 2.00 bits per heavy atom. The van der Waals surface area contributed by atoms with Crippen molar-refractivity contribution in [3.8, 4) is 0 Å². The Bertz CT molecular complexity index is 173. The summed E-state index contributed by atoms with van der Waals surface area (Å²) in [6.45, 7) is 7.60. The van der Waals surface area contributed by atoms with E-state index in [-0.39, 0.29) is 5.92 Å². The molecule has 4 nitrogen and oxygen atoms in total. The highest BCUT2D eigenvalue weighted by atomic mass is 31.2. The van der Waals surface area contributed by atoms with Gasteiger partial charge < -0.3 is 4.89 Å². The maximum absolute atomic E-state index is 10.8. The van der Waals surface area contributed by atoms with Crippen LogP contribution in [0.3, 0.4) is 0 Å². The summed E-state index contributed by atoms with van der Waals surface area (Å²) in [6.07, 6.45) is 0. The molecule has 11 heavy (non-hydrogen) atoms. The first-order valence-electron chi connectivity index (χ1n) is 3.56. The molecule has 0 aliphatic carbocycles. The Morgan fingerprint density at radius 1 is 1.55 bits per heavy atom. The van der Waals surface area contributed by atoms with Crippen LogP contribution in [0.2, 0.25) is 0 Å². The van der Waals surface area contributed by atoms with Gasteiger partial charge in [-0.05, 0) is 19.8 Å². The molecule has 68 valence electrons. The summed E-state index contributed by atoms with van der Waals surface area (Å²) >= 11 is 0. The Balaban J connectivity index is 4.25. The van der Waals surface area contributed by atoms with Crippen molar-refractivity contribution < 1.29 is 9.46 Å². The molecular weight excluding hydrogens is 163 g/mol. The smallest absolute Gasteiger partial charge is 0.322 e. The SMILES string of the molecule is CC(C)C(C)(C)NP(N)(=O)O. The van der Waals surface area contributed by atoms with Crippen molar-refractivity contribution in [3.05, 3.63) is 0 Å². The highest BCUT2D eigenvalue weighted by molar-refractivity contribution is 7.53. The zero-order valence-corrected chi connectivity index (χ0v) is 8.35. The molecule has 0 aliphatic rings. The van der Waals surface area contributed by atoms with Crippen molar-refractivity contribution in [2.24, 2.45) is 11.4 Å². The van der Waals surface area contributed by atoms with E-state index in [2.05, 4.69) is 5.09 Å². The van der Waals surface area contributed by atoms with Crippen LogP contribution in [-0.2, 0) is 4.57 Å². The molecule has 0 rings (SSSR count). The maximum atomic E-state index is 10.8. The lowest BCUT2D eigenvalue weighted by molar-refractivity contribution is 0.318. The van der Waals surface area contributed by atoms with Gasteiger partial charge in [0.2, 0.25) is 0 Å². The highest BCUT2D eigenvalue weighted by Gasteiger charge is 2.28. The Morgan fingerprint density at radius 2 is 1.91 bits per heavy atom. The van der Waals surface area contributed by atoms with Gasteiger partial charge in [-0.15, -0.1) is 0 Å². The van der Waals surface area contributed by atoms with Crippen LogP contribution in [0, 0.1) is 5.92 Å². The summed E-state index contributed by atoms with van der Waals surface area (Å²) in [4.78, 5) is 8.82. The first-order chi connectivity index (χ1) is 4.65. The average molecular weight is 180 g/mol. The quantitative estimate of drug-likeness (QED) is 0.568. The summed E-state index contributed by atoms with van der Waals surface area (Å²) < 4.78 is 10.8. The largest absolute Gasteiger partial charge is 0.336 e.